The van der Waals surface area contributed by atoms with Gasteiger partial charge in [0.1, 0.15) is 16.2 Å². The van der Waals surface area contributed by atoms with E-state index in [0.717, 1.165) is 27.4 Å². The first-order valence-corrected chi connectivity index (χ1v) is 13.8. The topological polar surface area (TPSA) is 100 Å². The second kappa shape index (κ2) is 10.0. The zero-order chi connectivity index (χ0) is 26.2. The molecule has 0 bridgehead atoms. The lowest BCUT2D eigenvalue weighted by molar-refractivity contribution is 0.0127. The lowest BCUT2D eigenvalue weighted by atomic mass is 9.96. The molecule has 2 aromatic heterocycles. The van der Waals surface area contributed by atoms with Crippen LogP contribution in [0, 0.1) is 6.92 Å². The zero-order valence-electron chi connectivity index (χ0n) is 22.0. The quantitative estimate of drug-likeness (QED) is 0.416. The molecule has 2 aliphatic rings. The van der Waals surface area contributed by atoms with Gasteiger partial charge < -0.3 is 20.1 Å². The van der Waals surface area contributed by atoms with Gasteiger partial charge in [0.2, 0.25) is 5.95 Å². The van der Waals surface area contributed by atoms with Crippen LogP contribution in [0.1, 0.15) is 75.1 Å². The first-order chi connectivity index (χ1) is 17.6. The van der Waals surface area contributed by atoms with Gasteiger partial charge in [-0.15, -0.1) is 11.3 Å². The maximum atomic E-state index is 12.5. The summed E-state index contributed by atoms with van der Waals surface area (Å²) in [5.41, 5.74) is 2.53. The molecule has 5 rings (SSSR count). The molecule has 3 aromatic rings. The minimum Gasteiger partial charge on any atom is -0.444 e. The standard InChI is InChI=1S/C28H35N5O3S/c1-18-14-20(16-21(15-18)31-25-29-11-8-22(32-25)19-6-7-19)23-17-30-24(37-23)28(35)9-5-12-33(13-10-28)26(34)36-27(2,3)4/h8,11,14-17,19,35H,5-7,9-10,12-13H2,1-4H3,(H,29,31,32)/t28-/m0/s1. The fourth-order valence-corrected chi connectivity index (χ4v) is 5.68. The number of rotatable bonds is 5. The molecule has 1 aliphatic heterocycles. The van der Waals surface area contributed by atoms with E-state index in [1.165, 1.54) is 24.2 Å². The van der Waals surface area contributed by atoms with Crippen molar-refractivity contribution in [2.45, 2.75) is 76.9 Å². The van der Waals surface area contributed by atoms with Crippen LogP contribution in [0.3, 0.4) is 0 Å². The summed E-state index contributed by atoms with van der Waals surface area (Å²) in [6, 6.07) is 8.25. The van der Waals surface area contributed by atoms with E-state index in [0.29, 0.717) is 49.2 Å². The van der Waals surface area contributed by atoms with Crippen LogP contribution in [0.2, 0.25) is 0 Å². The highest BCUT2D eigenvalue weighted by Gasteiger charge is 2.37. The van der Waals surface area contributed by atoms with Crippen LogP contribution in [-0.2, 0) is 10.3 Å². The molecule has 0 spiro atoms. The minimum absolute atomic E-state index is 0.331. The van der Waals surface area contributed by atoms with Crippen LogP contribution in [0.15, 0.2) is 36.7 Å². The van der Waals surface area contributed by atoms with E-state index in [1.807, 2.05) is 39.2 Å². The second-order valence-corrected chi connectivity index (χ2v) is 12.2. The summed E-state index contributed by atoms with van der Waals surface area (Å²) in [6.07, 6.45) is 7.37. The monoisotopic (exact) mass is 521 g/mol. The average Bonchev–Trinajstić information content (AvgIpc) is 3.59. The lowest BCUT2D eigenvalue weighted by Crippen LogP contribution is -2.38. The molecule has 37 heavy (non-hydrogen) atoms. The molecule has 1 aromatic carbocycles. The average molecular weight is 522 g/mol. The van der Waals surface area contributed by atoms with Gasteiger partial charge in [0.25, 0.3) is 0 Å². The summed E-state index contributed by atoms with van der Waals surface area (Å²) >= 11 is 1.50. The first kappa shape index (κ1) is 25.6. The Balaban J connectivity index is 1.31. The van der Waals surface area contributed by atoms with Crippen LogP contribution in [0.4, 0.5) is 16.4 Å². The highest BCUT2D eigenvalue weighted by atomic mass is 32.1. The van der Waals surface area contributed by atoms with Crippen molar-refractivity contribution >= 4 is 29.1 Å². The van der Waals surface area contributed by atoms with E-state index in [9.17, 15) is 9.90 Å². The highest BCUT2D eigenvalue weighted by molar-refractivity contribution is 7.15. The molecule has 1 saturated carbocycles. The normalized spacial score (nSPS) is 20.4. The Hall–Kier alpha value is -3.04. The Labute approximate surface area is 222 Å². The van der Waals surface area contributed by atoms with Gasteiger partial charge in [0.15, 0.2) is 0 Å². The van der Waals surface area contributed by atoms with Crippen molar-refractivity contribution in [3.8, 4) is 10.4 Å². The van der Waals surface area contributed by atoms with Crippen molar-refractivity contribution in [1.82, 2.24) is 19.9 Å². The summed E-state index contributed by atoms with van der Waals surface area (Å²) in [7, 11) is 0. The molecule has 1 saturated heterocycles. The number of hydrogen-bond donors (Lipinski definition) is 2. The largest absolute Gasteiger partial charge is 0.444 e. The van der Waals surface area contributed by atoms with Gasteiger partial charge in [-0.2, -0.15) is 0 Å². The van der Waals surface area contributed by atoms with Crippen molar-refractivity contribution in [2.24, 2.45) is 0 Å². The van der Waals surface area contributed by atoms with E-state index in [-0.39, 0.29) is 6.09 Å². The first-order valence-electron chi connectivity index (χ1n) is 13.0. The number of benzene rings is 1. The van der Waals surface area contributed by atoms with E-state index < -0.39 is 11.2 Å². The van der Waals surface area contributed by atoms with Crippen LogP contribution in [0.5, 0.6) is 0 Å². The lowest BCUT2D eigenvalue weighted by Gasteiger charge is -2.27. The summed E-state index contributed by atoms with van der Waals surface area (Å²) in [4.78, 5) is 28.9. The minimum atomic E-state index is -1.07. The molecular weight excluding hydrogens is 486 g/mol. The number of thiazole rings is 1. The van der Waals surface area contributed by atoms with Crippen LogP contribution >= 0.6 is 11.3 Å². The number of anilines is 2. The summed E-state index contributed by atoms with van der Waals surface area (Å²) in [6.45, 7) is 8.63. The van der Waals surface area contributed by atoms with Gasteiger partial charge in [-0.25, -0.2) is 19.7 Å². The molecule has 9 heteroatoms. The van der Waals surface area contributed by atoms with Gasteiger partial charge >= 0.3 is 6.09 Å². The van der Waals surface area contributed by atoms with Gasteiger partial charge in [0, 0.05) is 49.2 Å². The Morgan fingerprint density at radius 3 is 2.76 bits per heavy atom. The van der Waals surface area contributed by atoms with E-state index in [2.05, 4.69) is 45.4 Å². The van der Waals surface area contributed by atoms with Crippen molar-refractivity contribution in [3.05, 3.63) is 52.9 Å². The number of amides is 1. The third-order valence-corrected chi connectivity index (χ3v) is 7.90. The maximum absolute atomic E-state index is 12.5. The Morgan fingerprint density at radius 1 is 1.19 bits per heavy atom. The number of hydrogen-bond acceptors (Lipinski definition) is 8. The Morgan fingerprint density at radius 2 is 2.00 bits per heavy atom. The molecule has 8 nitrogen and oxygen atoms in total. The number of nitrogens with zero attached hydrogens (tertiary/aromatic N) is 4. The number of aryl methyl sites for hydroxylation is 1. The van der Waals surface area contributed by atoms with Crippen molar-refractivity contribution < 1.29 is 14.6 Å². The van der Waals surface area contributed by atoms with Crippen LogP contribution < -0.4 is 5.32 Å². The second-order valence-electron chi connectivity index (χ2n) is 11.2. The highest BCUT2D eigenvalue weighted by Crippen LogP contribution is 2.40. The number of aromatic nitrogens is 3. The SMILES string of the molecule is Cc1cc(Nc2nccc(C3CC3)n2)cc(-c2cnc([C@]3(O)CCCN(C(=O)OC(C)(C)C)CC3)s2)c1. The Bertz CT molecular complexity index is 1280. The summed E-state index contributed by atoms with van der Waals surface area (Å²) in [5, 5.41) is 15.6. The molecule has 2 fully saturated rings. The van der Waals surface area contributed by atoms with Gasteiger partial charge in [-0.3, -0.25) is 0 Å². The third kappa shape index (κ3) is 6.27. The van der Waals surface area contributed by atoms with Crippen molar-refractivity contribution in [2.75, 3.05) is 18.4 Å². The molecule has 1 atom stereocenters. The third-order valence-electron chi connectivity index (χ3n) is 6.66. The fraction of sp³-hybridized carbons (Fsp3) is 0.500. The molecule has 0 unspecified atom stereocenters. The number of aliphatic hydroxyl groups is 1. The molecule has 1 aliphatic carbocycles. The van der Waals surface area contributed by atoms with Gasteiger partial charge in [-0.1, -0.05) is 6.07 Å². The zero-order valence-corrected chi connectivity index (χ0v) is 22.8. The number of carbonyl (C=O) groups excluding carboxylic acids is 1. The number of carbonyl (C=O) groups is 1. The predicted molar refractivity (Wildman–Crippen MR) is 145 cm³/mol. The number of nitrogens with one attached hydrogen (secondary N) is 1. The summed E-state index contributed by atoms with van der Waals surface area (Å²) < 4.78 is 5.53. The molecule has 0 radical (unpaired) electrons. The van der Waals surface area contributed by atoms with E-state index in [4.69, 9.17) is 4.74 Å². The van der Waals surface area contributed by atoms with Crippen LogP contribution in [0.25, 0.3) is 10.4 Å². The maximum Gasteiger partial charge on any atom is 0.410 e. The van der Waals surface area contributed by atoms with Gasteiger partial charge in [0.05, 0.1) is 4.88 Å². The summed E-state index contributed by atoms with van der Waals surface area (Å²) in [5.74, 6) is 1.17. The predicted octanol–water partition coefficient (Wildman–Crippen LogP) is 6.14. The molecule has 2 N–H and O–H groups in total. The number of ether oxygens (including phenoxy) is 1. The van der Waals surface area contributed by atoms with Crippen molar-refractivity contribution in [1.29, 1.82) is 0 Å². The van der Waals surface area contributed by atoms with Crippen molar-refractivity contribution in [3.63, 3.8) is 0 Å². The smallest absolute Gasteiger partial charge is 0.410 e. The van der Waals surface area contributed by atoms with E-state index >= 15 is 0 Å². The van der Waals surface area contributed by atoms with Gasteiger partial charge in [-0.05, 0) is 82.7 Å². The molecular formula is C28H35N5O3S. The molecule has 3 heterocycles. The molecule has 196 valence electrons. The fourth-order valence-electron chi connectivity index (χ4n) is 4.63. The van der Waals surface area contributed by atoms with E-state index in [1.54, 1.807) is 4.90 Å². The van der Waals surface area contributed by atoms with Crippen LogP contribution in [-0.4, -0.2) is 49.7 Å². The molecule has 1 amide bonds. The Kier molecular flexibility index (Phi) is 6.93. The number of likely N-dealkylation sites (tertiary alicyclic amines) is 1.